The van der Waals surface area contributed by atoms with Crippen molar-refractivity contribution in [1.29, 1.82) is 0 Å². The molecular formula is C10H14O3S. The van der Waals surface area contributed by atoms with Crippen molar-refractivity contribution in [3.05, 3.63) is 16.3 Å². The topological polar surface area (TPSA) is 46.5 Å². The Morgan fingerprint density at radius 1 is 1.57 bits per heavy atom. The van der Waals surface area contributed by atoms with Gasteiger partial charge in [-0.3, -0.25) is 0 Å². The Bertz CT molecular complexity index is 293. The fraction of sp³-hybridized carbons (Fsp3) is 0.500. The molecule has 3 nitrogen and oxygen atoms in total. The van der Waals surface area contributed by atoms with Gasteiger partial charge in [0.25, 0.3) is 0 Å². The highest BCUT2D eigenvalue weighted by Crippen LogP contribution is 2.24. The lowest BCUT2D eigenvalue weighted by atomic mass is 10.3. The first-order chi connectivity index (χ1) is 6.75. The van der Waals surface area contributed by atoms with E-state index in [1.165, 1.54) is 11.3 Å². The number of unbranched alkanes of at least 4 members (excludes halogenated alkanes) is 2. The quantitative estimate of drug-likeness (QED) is 0.740. The summed E-state index contributed by atoms with van der Waals surface area (Å²) in [5.74, 6) is -0.413. The first-order valence-corrected chi connectivity index (χ1v) is 5.57. The van der Waals surface area contributed by atoms with Crippen molar-refractivity contribution >= 4 is 17.3 Å². The summed E-state index contributed by atoms with van der Waals surface area (Å²) in [6, 6.07) is 1.71. The molecule has 0 aromatic carbocycles. The zero-order valence-corrected chi connectivity index (χ0v) is 8.97. The molecule has 1 heterocycles. The highest BCUT2D eigenvalue weighted by atomic mass is 32.1. The third-order valence-electron chi connectivity index (χ3n) is 1.83. The molecule has 0 aliphatic rings. The molecule has 0 bridgehead atoms. The summed E-state index contributed by atoms with van der Waals surface area (Å²) in [5.41, 5.74) is 0. The van der Waals surface area contributed by atoms with Gasteiger partial charge in [0.15, 0.2) is 4.88 Å². The smallest absolute Gasteiger partial charge is 0.349 e. The molecule has 4 heteroatoms. The Morgan fingerprint density at radius 2 is 2.36 bits per heavy atom. The van der Waals surface area contributed by atoms with Crippen molar-refractivity contribution in [2.45, 2.75) is 26.2 Å². The molecule has 1 aromatic rings. The zero-order valence-electron chi connectivity index (χ0n) is 8.16. The molecule has 14 heavy (non-hydrogen) atoms. The van der Waals surface area contributed by atoms with Crippen LogP contribution in [0.4, 0.5) is 0 Å². The summed E-state index contributed by atoms with van der Waals surface area (Å²) < 4.78 is 5.37. The number of hydrogen-bond acceptors (Lipinski definition) is 3. The Labute approximate surface area is 87.3 Å². The van der Waals surface area contributed by atoms with Crippen LogP contribution in [0.2, 0.25) is 0 Å². The Balaban J connectivity index is 2.42. The highest BCUT2D eigenvalue weighted by Gasteiger charge is 2.12. The standard InChI is InChI=1S/C10H14O3S/c1-2-3-4-6-13-8-5-7-14-9(8)10(11)12/h5,7H,2-4,6H2,1H3,(H,11,12). The van der Waals surface area contributed by atoms with E-state index in [2.05, 4.69) is 6.92 Å². The molecule has 1 rings (SSSR count). The molecule has 0 amide bonds. The van der Waals surface area contributed by atoms with Crippen molar-refractivity contribution in [3.63, 3.8) is 0 Å². The maximum Gasteiger partial charge on any atom is 0.349 e. The Hall–Kier alpha value is -1.03. The van der Waals surface area contributed by atoms with Gasteiger partial charge in [-0.05, 0) is 17.9 Å². The molecule has 0 radical (unpaired) electrons. The SMILES string of the molecule is CCCCCOc1ccsc1C(=O)O. The van der Waals surface area contributed by atoms with E-state index in [-0.39, 0.29) is 0 Å². The fourth-order valence-electron chi connectivity index (χ4n) is 1.10. The molecular weight excluding hydrogens is 200 g/mol. The van der Waals surface area contributed by atoms with Gasteiger partial charge in [-0.15, -0.1) is 11.3 Å². The Morgan fingerprint density at radius 3 is 3.00 bits per heavy atom. The number of carboxylic acids is 1. The minimum Gasteiger partial charge on any atom is -0.492 e. The molecule has 0 unspecified atom stereocenters. The minimum absolute atomic E-state index is 0.293. The molecule has 0 fully saturated rings. The van der Waals surface area contributed by atoms with Gasteiger partial charge in [0.2, 0.25) is 0 Å². The maximum absolute atomic E-state index is 10.7. The molecule has 1 aromatic heterocycles. The highest BCUT2D eigenvalue weighted by molar-refractivity contribution is 7.12. The molecule has 0 saturated heterocycles. The molecule has 0 aliphatic carbocycles. The van der Waals surface area contributed by atoms with Gasteiger partial charge < -0.3 is 9.84 Å². The number of carbonyl (C=O) groups is 1. The van der Waals surface area contributed by atoms with Crippen LogP contribution in [0.3, 0.4) is 0 Å². The predicted molar refractivity (Wildman–Crippen MR) is 56.3 cm³/mol. The lowest BCUT2D eigenvalue weighted by molar-refractivity contribution is 0.0698. The summed E-state index contributed by atoms with van der Waals surface area (Å²) in [5, 5.41) is 10.5. The molecule has 0 spiro atoms. The van der Waals surface area contributed by atoms with Gasteiger partial charge in [0.05, 0.1) is 6.61 Å². The summed E-state index contributed by atoms with van der Waals surface area (Å²) in [6.07, 6.45) is 3.23. The zero-order chi connectivity index (χ0) is 10.4. The van der Waals surface area contributed by atoms with Gasteiger partial charge in [-0.1, -0.05) is 19.8 Å². The average molecular weight is 214 g/mol. The summed E-state index contributed by atoms with van der Waals surface area (Å²) in [4.78, 5) is 11.0. The van der Waals surface area contributed by atoms with Gasteiger partial charge in [-0.2, -0.15) is 0 Å². The molecule has 0 saturated carbocycles. The van der Waals surface area contributed by atoms with E-state index in [4.69, 9.17) is 9.84 Å². The van der Waals surface area contributed by atoms with E-state index in [9.17, 15) is 4.79 Å². The van der Waals surface area contributed by atoms with Gasteiger partial charge in [0, 0.05) is 0 Å². The van der Waals surface area contributed by atoms with Crippen LogP contribution < -0.4 is 4.74 Å². The van der Waals surface area contributed by atoms with Crippen LogP contribution in [-0.4, -0.2) is 17.7 Å². The van der Waals surface area contributed by atoms with Crippen molar-refractivity contribution in [3.8, 4) is 5.75 Å². The van der Waals surface area contributed by atoms with Crippen molar-refractivity contribution in [2.75, 3.05) is 6.61 Å². The minimum atomic E-state index is -0.912. The first kappa shape index (κ1) is 11.0. The van der Waals surface area contributed by atoms with Crippen LogP contribution in [0, 0.1) is 0 Å². The van der Waals surface area contributed by atoms with Crippen LogP contribution in [0.25, 0.3) is 0 Å². The lowest BCUT2D eigenvalue weighted by Crippen LogP contribution is -2.01. The van der Waals surface area contributed by atoms with Crippen LogP contribution in [0.5, 0.6) is 5.75 Å². The molecule has 0 aliphatic heterocycles. The summed E-state index contributed by atoms with van der Waals surface area (Å²) in [6.45, 7) is 2.72. The molecule has 78 valence electrons. The number of thiophene rings is 1. The van der Waals surface area contributed by atoms with Crippen molar-refractivity contribution < 1.29 is 14.6 Å². The van der Waals surface area contributed by atoms with Gasteiger partial charge in [0.1, 0.15) is 5.75 Å². The second kappa shape index (κ2) is 5.65. The second-order valence-corrected chi connectivity index (χ2v) is 3.89. The third-order valence-corrected chi connectivity index (χ3v) is 2.71. The van der Waals surface area contributed by atoms with Gasteiger partial charge in [-0.25, -0.2) is 4.79 Å². The number of rotatable bonds is 6. The number of ether oxygens (including phenoxy) is 1. The van der Waals surface area contributed by atoms with Crippen LogP contribution in [-0.2, 0) is 0 Å². The van der Waals surface area contributed by atoms with Crippen molar-refractivity contribution in [1.82, 2.24) is 0 Å². The molecule has 0 atom stereocenters. The summed E-state index contributed by atoms with van der Waals surface area (Å²) >= 11 is 1.20. The van der Waals surface area contributed by atoms with Gasteiger partial charge >= 0.3 is 5.97 Å². The first-order valence-electron chi connectivity index (χ1n) is 4.69. The normalized spacial score (nSPS) is 10.1. The van der Waals surface area contributed by atoms with E-state index in [1.807, 2.05) is 0 Å². The van der Waals surface area contributed by atoms with Crippen LogP contribution >= 0.6 is 11.3 Å². The third kappa shape index (κ3) is 3.03. The van der Waals surface area contributed by atoms with E-state index < -0.39 is 5.97 Å². The van der Waals surface area contributed by atoms with E-state index >= 15 is 0 Å². The lowest BCUT2D eigenvalue weighted by Gasteiger charge is -2.03. The average Bonchev–Trinajstić information content (AvgIpc) is 2.60. The van der Waals surface area contributed by atoms with E-state index in [0.717, 1.165) is 19.3 Å². The van der Waals surface area contributed by atoms with Crippen LogP contribution in [0.1, 0.15) is 35.9 Å². The van der Waals surface area contributed by atoms with E-state index in [1.54, 1.807) is 11.4 Å². The largest absolute Gasteiger partial charge is 0.492 e. The molecule has 1 N–H and O–H groups in total. The maximum atomic E-state index is 10.7. The second-order valence-electron chi connectivity index (χ2n) is 2.97. The Kier molecular flexibility index (Phi) is 4.46. The van der Waals surface area contributed by atoms with Crippen molar-refractivity contribution in [2.24, 2.45) is 0 Å². The number of aromatic carboxylic acids is 1. The summed E-state index contributed by atoms with van der Waals surface area (Å²) in [7, 11) is 0. The number of carboxylic acid groups (broad SMARTS) is 1. The predicted octanol–water partition coefficient (Wildman–Crippen LogP) is 3.02. The number of hydrogen-bond donors (Lipinski definition) is 1. The fourth-order valence-corrected chi connectivity index (χ4v) is 1.77. The van der Waals surface area contributed by atoms with Crippen LogP contribution in [0.15, 0.2) is 11.4 Å². The monoisotopic (exact) mass is 214 g/mol. The van der Waals surface area contributed by atoms with E-state index in [0.29, 0.717) is 17.2 Å².